The minimum absolute atomic E-state index is 0.0684. The van der Waals surface area contributed by atoms with Crippen molar-refractivity contribution >= 4 is 21.9 Å². The van der Waals surface area contributed by atoms with Crippen LogP contribution >= 0.6 is 0 Å². The van der Waals surface area contributed by atoms with Crippen LogP contribution in [0.25, 0.3) is 112 Å². The Bertz CT molecular complexity index is 3710. The van der Waals surface area contributed by atoms with E-state index >= 15 is 0 Å². The third kappa shape index (κ3) is 6.56. The molecule has 314 valence electrons. The highest BCUT2D eigenvalue weighted by molar-refractivity contribution is 6.13. The Labute approximate surface area is 385 Å². The number of hydrogen-bond donors (Lipinski definition) is 0. The van der Waals surface area contributed by atoms with E-state index < -0.39 is 0 Å². The van der Waals surface area contributed by atoms with Crippen LogP contribution in [0, 0.1) is 13.8 Å². The van der Waals surface area contributed by atoms with Crippen molar-refractivity contribution in [2.75, 3.05) is 0 Å². The van der Waals surface area contributed by atoms with Gasteiger partial charge < -0.3 is 4.42 Å². The van der Waals surface area contributed by atoms with Crippen molar-refractivity contribution in [3.05, 3.63) is 222 Å². The van der Waals surface area contributed by atoms with Crippen LogP contribution in [0.2, 0.25) is 0 Å². The fourth-order valence-electron chi connectivity index (χ4n) is 10.2. The first-order chi connectivity index (χ1) is 32.3. The summed E-state index contributed by atoms with van der Waals surface area (Å²) in [5, 5.41) is 1.98. The van der Waals surface area contributed by atoms with E-state index in [1.54, 1.807) is 0 Å². The van der Waals surface area contributed by atoms with Crippen molar-refractivity contribution in [3.63, 3.8) is 0 Å². The average Bonchev–Trinajstić information content (AvgIpc) is 3.85. The Balaban J connectivity index is 0.998. The maximum absolute atomic E-state index is 6.61. The van der Waals surface area contributed by atoms with Crippen LogP contribution in [-0.4, -0.2) is 15.0 Å². The molecule has 0 spiro atoms. The van der Waals surface area contributed by atoms with Gasteiger partial charge in [-0.25, -0.2) is 15.0 Å². The first-order valence-electron chi connectivity index (χ1n) is 22.7. The first kappa shape index (κ1) is 39.4. The summed E-state index contributed by atoms with van der Waals surface area (Å²) in [6, 6.07) is 71.2. The van der Waals surface area contributed by atoms with Crippen LogP contribution in [0.5, 0.6) is 0 Å². The summed E-state index contributed by atoms with van der Waals surface area (Å²) in [5.74, 6) is 1.81. The number of aryl methyl sites for hydroxylation is 1. The Morgan fingerprint density at radius 2 is 0.879 bits per heavy atom. The Morgan fingerprint density at radius 1 is 0.348 bits per heavy atom. The standard InChI is InChI=1S/C62H45N3O/c1-38-16-8-9-23-47(38)48-25-14-26-49(39(48)2)60-63-59(46-22-13-19-41(35-46)40-17-6-5-7-18-40)64-61(65-60)52-27-15-29-57-58(52)53-36-44(31-33-56(53)66-57)42-20-12-21-43(34-42)45-30-32-51-50-24-10-11-28-54(50)62(3,4)55(51)37-45/h5-37H,1-4H3. The number of aromatic nitrogens is 3. The molecule has 66 heavy (non-hydrogen) atoms. The lowest BCUT2D eigenvalue weighted by molar-refractivity contribution is 0.660. The van der Waals surface area contributed by atoms with Crippen LogP contribution in [0.3, 0.4) is 0 Å². The van der Waals surface area contributed by atoms with Gasteiger partial charge >= 0.3 is 0 Å². The highest BCUT2D eigenvalue weighted by Crippen LogP contribution is 2.50. The summed E-state index contributed by atoms with van der Waals surface area (Å²) in [4.78, 5) is 15.9. The van der Waals surface area contributed by atoms with Crippen molar-refractivity contribution in [3.8, 4) is 89.8 Å². The molecule has 0 fully saturated rings. The van der Waals surface area contributed by atoms with Gasteiger partial charge in [-0.3, -0.25) is 0 Å². The van der Waals surface area contributed by atoms with Gasteiger partial charge in [-0.1, -0.05) is 178 Å². The second-order valence-electron chi connectivity index (χ2n) is 18.0. The number of hydrogen-bond acceptors (Lipinski definition) is 4. The van der Waals surface area contributed by atoms with Crippen LogP contribution in [0.15, 0.2) is 205 Å². The summed E-state index contributed by atoms with van der Waals surface area (Å²) >= 11 is 0. The molecule has 0 bridgehead atoms. The number of rotatable bonds is 7. The van der Waals surface area contributed by atoms with E-state index in [0.29, 0.717) is 17.5 Å². The average molecular weight is 848 g/mol. The fourth-order valence-corrected chi connectivity index (χ4v) is 10.2. The zero-order valence-corrected chi connectivity index (χ0v) is 37.3. The molecular formula is C62H45N3O. The molecular weight excluding hydrogens is 803 g/mol. The molecule has 0 saturated carbocycles. The van der Waals surface area contributed by atoms with Gasteiger partial charge in [0, 0.05) is 32.9 Å². The number of benzene rings is 9. The van der Waals surface area contributed by atoms with Crippen LogP contribution in [-0.2, 0) is 5.41 Å². The van der Waals surface area contributed by atoms with Gasteiger partial charge in [0.1, 0.15) is 11.2 Å². The van der Waals surface area contributed by atoms with Gasteiger partial charge in [0.2, 0.25) is 0 Å². The zero-order valence-electron chi connectivity index (χ0n) is 37.3. The molecule has 9 aromatic carbocycles. The molecule has 0 radical (unpaired) electrons. The fraction of sp³-hybridized carbons (Fsp3) is 0.0806. The topological polar surface area (TPSA) is 51.8 Å². The highest BCUT2D eigenvalue weighted by atomic mass is 16.3. The summed E-state index contributed by atoms with van der Waals surface area (Å²) in [5.41, 5.74) is 21.2. The molecule has 0 saturated heterocycles. The summed E-state index contributed by atoms with van der Waals surface area (Å²) < 4.78 is 6.61. The molecule has 0 N–H and O–H groups in total. The SMILES string of the molecule is Cc1ccccc1-c1cccc(-c2nc(-c3cccc(-c4ccccc4)c3)nc(-c3cccc4oc5ccc(-c6cccc(-c7ccc8c(c7)C(C)(C)c7ccccc7-8)c6)cc5c34)n2)c1C. The van der Waals surface area contributed by atoms with E-state index in [4.69, 9.17) is 19.4 Å². The molecule has 12 rings (SSSR count). The highest BCUT2D eigenvalue weighted by Gasteiger charge is 2.35. The monoisotopic (exact) mass is 847 g/mol. The lowest BCUT2D eigenvalue weighted by Gasteiger charge is -2.22. The van der Waals surface area contributed by atoms with Gasteiger partial charge in [-0.2, -0.15) is 0 Å². The maximum Gasteiger partial charge on any atom is 0.164 e. The Kier molecular flexibility index (Phi) is 9.25. The van der Waals surface area contributed by atoms with Gasteiger partial charge in [0.05, 0.1) is 0 Å². The lowest BCUT2D eigenvalue weighted by atomic mass is 9.81. The predicted octanol–water partition coefficient (Wildman–Crippen LogP) is 16.4. The van der Waals surface area contributed by atoms with Crippen molar-refractivity contribution in [2.45, 2.75) is 33.1 Å². The Morgan fingerprint density at radius 3 is 1.68 bits per heavy atom. The summed E-state index contributed by atoms with van der Waals surface area (Å²) in [6.45, 7) is 9.00. The van der Waals surface area contributed by atoms with E-state index in [-0.39, 0.29) is 5.41 Å². The van der Waals surface area contributed by atoms with E-state index in [9.17, 15) is 0 Å². The summed E-state index contributed by atoms with van der Waals surface area (Å²) in [6.07, 6.45) is 0. The molecule has 4 heteroatoms. The molecule has 0 aliphatic heterocycles. The third-order valence-electron chi connectivity index (χ3n) is 13.7. The van der Waals surface area contributed by atoms with Crippen molar-refractivity contribution in [2.24, 2.45) is 0 Å². The third-order valence-corrected chi connectivity index (χ3v) is 13.7. The van der Waals surface area contributed by atoms with E-state index in [2.05, 4.69) is 210 Å². The zero-order chi connectivity index (χ0) is 44.5. The smallest absolute Gasteiger partial charge is 0.164 e. The minimum Gasteiger partial charge on any atom is -0.456 e. The normalized spacial score (nSPS) is 12.7. The van der Waals surface area contributed by atoms with Gasteiger partial charge in [0.15, 0.2) is 17.5 Å². The maximum atomic E-state index is 6.61. The molecule has 1 aliphatic carbocycles. The molecule has 0 atom stereocenters. The molecule has 2 heterocycles. The van der Waals surface area contributed by atoms with Crippen molar-refractivity contribution in [1.82, 2.24) is 15.0 Å². The Hall–Kier alpha value is -8.21. The van der Waals surface area contributed by atoms with E-state index in [1.165, 1.54) is 44.5 Å². The van der Waals surface area contributed by atoms with Crippen LogP contribution in [0.4, 0.5) is 0 Å². The molecule has 4 nitrogen and oxygen atoms in total. The second-order valence-corrected chi connectivity index (χ2v) is 18.0. The van der Waals surface area contributed by atoms with Gasteiger partial charge in [-0.05, 0) is 128 Å². The number of fused-ring (bicyclic) bond motifs is 6. The van der Waals surface area contributed by atoms with Crippen LogP contribution < -0.4 is 0 Å². The molecule has 11 aromatic rings. The van der Waals surface area contributed by atoms with Gasteiger partial charge in [0.25, 0.3) is 0 Å². The van der Waals surface area contributed by atoms with E-state index in [0.717, 1.165) is 72.0 Å². The molecule has 0 unspecified atom stereocenters. The molecule has 2 aromatic heterocycles. The van der Waals surface area contributed by atoms with E-state index in [1.807, 2.05) is 18.2 Å². The number of nitrogens with zero attached hydrogens (tertiary/aromatic N) is 3. The largest absolute Gasteiger partial charge is 0.456 e. The number of furan rings is 1. The molecule has 0 amide bonds. The van der Waals surface area contributed by atoms with Crippen molar-refractivity contribution < 1.29 is 4.42 Å². The lowest BCUT2D eigenvalue weighted by Crippen LogP contribution is -2.14. The second kappa shape index (κ2) is 15.5. The minimum atomic E-state index is -0.0684. The predicted molar refractivity (Wildman–Crippen MR) is 272 cm³/mol. The first-order valence-corrected chi connectivity index (χ1v) is 22.7. The summed E-state index contributed by atoms with van der Waals surface area (Å²) in [7, 11) is 0. The quantitative estimate of drug-likeness (QED) is 0.160. The van der Waals surface area contributed by atoms with Gasteiger partial charge in [-0.15, -0.1) is 0 Å². The van der Waals surface area contributed by atoms with Crippen molar-refractivity contribution in [1.29, 1.82) is 0 Å². The van der Waals surface area contributed by atoms with Crippen LogP contribution in [0.1, 0.15) is 36.1 Å². The molecule has 1 aliphatic rings.